The Kier molecular flexibility index (Phi) is 4.60. The summed E-state index contributed by atoms with van der Waals surface area (Å²) in [5.41, 5.74) is 1.36. The van der Waals surface area contributed by atoms with Crippen LogP contribution in [-0.4, -0.2) is 22.9 Å². The zero-order valence-electron chi connectivity index (χ0n) is 11.2. The average Bonchev–Trinajstić information content (AvgIpc) is 2.99. The fourth-order valence-corrected chi connectivity index (χ4v) is 2.92. The Morgan fingerprint density at radius 3 is 2.82 bits per heavy atom. The van der Waals surface area contributed by atoms with E-state index in [1.54, 1.807) is 0 Å². The molecule has 1 aromatic heterocycles. The van der Waals surface area contributed by atoms with Gasteiger partial charge in [0.2, 0.25) is 0 Å². The fourth-order valence-electron chi connectivity index (χ4n) is 2.92. The van der Waals surface area contributed by atoms with Crippen LogP contribution >= 0.6 is 0 Å². The number of likely N-dealkylation sites (N-methyl/N-ethyl adjacent to an activating group) is 1. The zero-order chi connectivity index (χ0) is 12.1. The maximum atomic E-state index is 4.34. The Balaban J connectivity index is 1.85. The molecule has 0 bridgehead atoms. The number of nitrogens with zero attached hydrogens (tertiary/aromatic N) is 2. The molecular formula is C14H25N3. The van der Waals surface area contributed by atoms with Crippen LogP contribution in [-0.2, 0) is 13.0 Å². The SMILES string of the molecule is CCn1cc(CC(CC2CCCC2)NC)cn1. The average molecular weight is 235 g/mol. The van der Waals surface area contributed by atoms with Gasteiger partial charge in [-0.05, 0) is 38.3 Å². The first-order valence-corrected chi connectivity index (χ1v) is 7.00. The van der Waals surface area contributed by atoms with Gasteiger partial charge in [-0.2, -0.15) is 5.10 Å². The van der Waals surface area contributed by atoms with Gasteiger partial charge in [-0.25, -0.2) is 0 Å². The van der Waals surface area contributed by atoms with E-state index in [4.69, 9.17) is 0 Å². The summed E-state index contributed by atoms with van der Waals surface area (Å²) in [6.45, 7) is 3.09. The van der Waals surface area contributed by atoms with Crippen LogP contribution in [0.5, 0.6) is 0 Å². The first-order valence-electron chi connectivity index (χ1n) is 7.00. The molecule has 0 saturated heterocycles. The number of aryl methyl sites for hydroxylation is 1. The van der Waals surface area contributed by atoms with Crippen molar-refractivity contribution in [3.8, 4) is 0 Å². The summed E-state index contributed by atoms with van der Waals surface area (Å²) in [6.07, 6.45) is 12.4. The normalized spacial score (nSPS) is 18.7. The molecule has 1 saturated carbocycles. The maximum Gasteiger partial charge on any atom is 0.0522 e. The van der Waals surface area contributed by atoms with Gasteiger partial charge in [0.25, 0.3) is 0 Å². The van der Waals surface area contributed by atoms with Gasteiger partial charge >= 0.3 is 0 Å². The molecule has 1 heterocycles. The summed E-state index contributed by atoms with van der Waals surface area (Å²) in [5.74, 6) is 0.952. The molecule has 0 radical (unpaired) electrons. The van der Waals surface area contributed by atoms with Crippen molar-refractivity contribution in [3.05, 3.63) is 18.0 Å². The van der Waals surface area contributed by atoms with Gasteiger partial charge in [-0.3, -0.25) is 4.68 Å². The highest BCUT2D eigenvalue weighted by molar-refractivity contribution is 5.06. The van der Waals surface area contributed by atoms with Gasteiger partial charge in [0, 0.05) is 18.8 Å². The van der Waals surface area contributed by atoms with Crippen molar-refractivity contribution in [1.82, 2.24) is 15.1 Å². The molecule has 1 N–H and O–H groups in total. The van der Waals surface area contributed by atoms with E-state index in [0.29, 0.717) is 6.04 Å². The van der Waals surface area contributed by atoms with E-state index in [0.717, 1.165) is 18.9 Å². The minimum Gasteiger partial charge on any atom is -0.317 e. The lowest BCUT2D eigenvalue weighted by Crippen LogP contribution is -2.29. The molecule has 96 valence electrons. The molecule has 17 heavy (non-hydrogen) atoms. The van der Waals surface area contributed by atoms with E-state index in [1.165, 1.54) is 37.7 Å². The summed E-state index contributed by atoms with van der Waals surface area (Å²) >= 11 is 0. The first kappa shape index (κ1) is 12.6. The van der Waals surface area contributed by atoms with Crippen LogP contribution in [0.3, 0.4) is 0 Å². The smallest absolute Gasteiger partial charge is 0.0522 e. The van der Waals surface area contributed by atoms with Crippen LogP contribution < -0.4 is 5.32 Å². The highest BCUT2D eigenvalue weighted by Crippen LogP contribution is 2.29. The quantitative estimate of drug-likeness (QED) is 0.821. The highest BCUT2D eigenvalue weighted by Gasteiger charge is 2.19. The summed E-state index contributed by atoms with van der Waals surface area (Å²) < 4.78 is 2.01. The largest absolute Gasteiger partial charge is 0.317 e. The van der Waals surface area contributed by atoms with E-state index in [1.807, 2.05) is 10.9 Å². The Morgan fingerprint density at radius 2 is 2.24 bits per heavy atom. The molecule has 1 unspecified atom stereocenters. The van der Waals surface area contributed by atoms with Gasteiger partial charge in [-0.1, -0.05) is 25.7 Å². The van der Waals surface area contributed by atoms with Gasteiger partial charge in [0.05, 0.1) is 6.20 Å². The van der Waals surface area contributed by atoms with Crippen molar-refractivity contribution in [2.45, 2.75) is 58.0 Å². The summed E-state index contributed by atoms with van der Waals surface area (Å²) in [6, 6.07) is 0.618. The van der Waals surface area contributed by atoms with Crippen LogP contribution in [0.15, 0.2) is 12.4 Å². The third-order valence-corrected chi connectivity index (χ3v) is 3.99. The predicted octanol–water partition coefficient (Wildman–Crippen LogP) is 2.61. The number of rotatable bonds is 6. The van der Waals surface area contributed by atoms with Crippen LogP contribution in [0, 0.1) is 5.92 Å². The van der Waals surface area contributed by atoms with E-state index < -0.39 is 0 Å². The summed E-state index contributed by atoms with van der Waals surface area (Å²) in [4.78, 5) is 0. The number of nitrogens with one attached hydrogen (secondary N) is 1. The highest BCUT2D eigenvalue weighted by atomic mass is 15.3. The monoisotopic (exact) mass is 235 g/mol. The number of hydrogen-bond donors (Lipinski definition) is 1. The Morgan fingerprint density at radius 1 is 1.47 bits per heavy atom. The molecular weight excluding hydrogens is 210 g/mol. The van der Waals surface area contributed by atoms with Gasteiger partial charge in [-0.15, -0.1) is 0 Å². The first-order chi connectivity index (χ1) is 8.31. The second-order valence-corrected chi connectivity index (χ2v) is 5.28. The standard InChI is InChI=1S/C14H25N3/c1-3-17-11-13(10-16-17)9-14(15-2)8-12-6-4-5-7-12/h10-12,14-15H,3-9H2,1-2H3. The molecule has 1 atom stereocenters. The van der Waals surface area contributed by atoms with Crippen LogP contribution in [0.2, 0.25) is 0 Å². The Hall–Kier alpha value is -0.830. The van der Waals surface area contributed by atoms with Crippen LogP contribution in [0.1, 0.15) is 44.6 Å². The fraction of sp³-hybridized carbons (Fsp3) is 0.786. The summed E-state index contributed by atoms with van der Waals surface area (Å²) in [7, 11) is 2.09. The molecule has 0 aromatic carbocycles. The zero-order valence-corrected chi connectivity index (χ0v) is 11.2. The molecule has 1 aromatic rings. The molecule has 3 heteroatoms. The molecule has 0 aliphatic heterocycles. The van der Waals surface area contributed by atoms with Crippen LogP contribution in [0.4, 0.5) is 0 Å². The van der Waals surface area contributed by atoms with Crippen LogP contribution in [0.25, 0.3) is 0 Å². The summed E-state index contributed by atoms with van der Waals surface area (Å²) in [5, 5.41) is 7.81. The minimum absolute atomic E-state index is 0.618. The Labute approximate surface area is 105 Å². The van der Waals surface area contributed by atoms with Crippen molar-refractivity contribution < 1.29 is 0 Å². The van der Waals surface area contributed by atoms with Gasteiger partial charge < -0.3 is 5.32 Å². The molecule has 2 rings (SSSR count). The third-order valence-electron chi connectivity index (χ3n) is 3.99. The van der Waals surface area contributed by atoms with Gasteiger partial charge in [0.1, 0.15) is 0 Å². The maximum absolute atomic E-state index is 4.34. The molecule has 3 nitrogen and oxygen atoms in total. The molecule has 0 spiro atoms. The third kappa shape index (κ3) is 3.56. The van der Waals surface area contributed by atoms with Gasteiger partial charge in [0.15, 0.2) is 0 Å². The van der Waals surface area contributed by atoms with Crippen molar-refractivity contribution in [2.75, 3.05) is 7.05 Å². The number of hydrogen-bond acceptors (Lipinski definition) is 2. The molecule has 1 aliphatic rings. The van der Waals surface area contributed by atoms with E-state index >= 15 is 0 Å². The van der Waals surface area contributed by atoms with E-state index in [9.17, 15) is 0 Å². The lowest BCUT2D eigenvalue weighted by atomic mass is 9.95. The van der Waals surface area contributed by atoms with Crippen molar-refractivity contribution in [3.63, 3.8) is 0 Å². The predicted molar refractivity (Wildman–Crippen MR) is 71.0 cm³/mol. The van der Waals surface area contributed by atoms with Crippen molar-refractivity contribution in [2.24, 2.45) is 5.92 Å². The second-order valence-electron chi connectivity index (χ2n) is 5.28. The molecule has 0 amide bonds. The van der Waals surface area contributed by atoms with E-state index in [2.05, 4.69) is 30.6 Å². The lowest BCUT2D eigenvalue weighted by molar-refractivity contribution is 0.402. The molecule has 1 fully saturated rings. The van der Waals surface area contributed by atoms with Crippen molar-refractivity contribution >= 4 is 0 Å². The van der Waals surface area contributed by atoms with Crippen molar-refractivity contribution in [1.29, 1.82) is 0 Å². The molecule has 1 aliphatic carbocycles. The number of aromatic nitrogens is 2. The Bertz CT molecular complexity index is 326. The van der Waals surface area contributed by atoms with E-state index in [-0.39, 0.29) is 0 Å². The topological polar surface area (TPSA) is 29.9 Å². The lowest BCUT2D eigenvalue weighted by Gasteiger charge is -2.19. The second kappa shape index (κ2) is 6.20. The minimum atomic E-state index is 0.618.